The summed E-state index contributed by atoms with van der Waals surface area (Å²) >= 11 is 6.76. The molecule has 0 spiro atoms. The first kappa shape index (κ1) is 12.0. The van der Waals surface area contributed by atoms with Crippen LogP contribution in [0, 0.1) is 0 Å². The topological polar surface area (TPSA) is 3.24 Å². The Kier molecular flexibility index (Phi) is 7.61. The zero-order valence-electron chi connectivity index (χ0n) is 7.88. The van der Waals surface area contributed by atoms with Gasteiger partial charge in [0.25, 0.3) is 0 Å². The van der Waals surface area contributed by atoms with Gasteiger partial charge in [-0.15, -0.1) is 0 Å². The molecule has 1 nitrogen and oxygen atoms in total. The average molecular weight is 203 g/mol. The summed E-state index contributed by atoms with van der Waals surface area (Å²) in [6.07, 6.45) is 2.30. The molecule has 0 aromatic heterocycles. The third-order valence-electron chi connectivity index (χ3n) is 1.43. The standard InChI is InChI=1S/C9H17NS2/c1-4-7-10(8-5-2)9(11)12-6-3/h6H,3-5,7-8H2,1-2H3. The maximum Gasteiger partial charge on any atom is 0.140 e. The third-order valence-corrected chi connectivity index (χ3v) is 2.60. The van der Waals surface area contributed by atoms with E-state index in [1.165, 1.54) is 0 Å². The highest BCUT2D eigenvalue weighted by Gasteiger charge is 2.05. The van der Waals surface area contributed by atoms with Crippen LogP contribution in [0.3, 0.4) is 0 Å². The van der Waals surface area contributed by atoms with Crippen LogP contribution in [0.15, 0.2) is 12.0 Å². The van der Waals surface area contributed by atoms with E-state index in [0.29, 0.717) is 0 Å². The molecule has 0 radical (unpaired) electrons. The van der Waals surface area contributed by atoms with Crippen LogP contribution >= 0.6 is 24.0 Å². The molecule has 0 N–H and O–H groups in total. The van der Waals surface area contributed by atoms with Crippen molar-refractivity contribution in [2.75, 3.05) is 13.1 Å². The molecule has 0 saturated carbocycles. The SMILES string of the molecule is C=CSC(=S)N(CCC)CCC. The van der Waals surface area contributed by atoms with Crippen molar-refractivity contribution in [3.63, 3.8) is 0 Å². The summed E-state index contributed by atoms with van der Waals surface area (Å²) in [5, 5.41) is 1.79. The second-order valence-corrected chi connectivity index (χ2v) is 4.14. The van der Waals surface area contributed by atoms with Gasteiger partial charge >= 0.3 is 0 Å². The molecule has 0 atom stereocenters. The Labute approximate surface area is 85.2 Å². The van der Waals surface area contributed by atoms with Gasteiger partial charge in [-0.25, -0.2) is 0 Å². The largest absolute Gasteiger partial charge is 0.357 e. The van der Waals surface area contributed by atoms with E-state index in [1.54, 1.807) is 17.2 Å². The highest BCUT2D eigenvalue weighted by atomic mass is 32.2. The molecule has 0 aliphatic carbocycles. The van der Waals surface area contributed by atoms with E-state index < -0.39 is 0 Å². The summed E-state index contributed by atoms with van der Waals surface area (Å²) < 4.78 is 0.953. The average Bonchev–Trinajstić information content (AvgIpc) is 2.04. The molecule has 12 heavy (non-hydrogen) atoms. The van der Waals surface area contributed by atoms with Crippen molar-refractivity contribution in [1.82, 2.24) is 4.90 Å². The van der Waals surface area contributed by atoms with Gasteiger partial charge in [0.15, 0.2) is 0 Å². The van der Waals surface area contributed by atoms with E-state index in [4.69, 9.17) is 12.2 Å². The molecular weight excluding hydrogens is 186 g/mol. The van der Waals surface area contributed by atoms with E-state index in [0.717, 1.165) is 30.3 Å². The maximum atomic E-state index is 5.22. The van der Waals surface area contributed by atoms with Gasteiger partial charge in [0, 0.05) is 13.1 Å². The van der Waals surface area contributed by atoms with Gasteiger partial charge in [-0.3, -0.25) is 0 Å². The zero-order chi connectivity index (χ0) is 9.40. The first-order valence-corrected chi connectivity index (χ1v) is 5.61. The van der Waals surface area contributed by atoms with Gasteiger partial charge in [0.1, 0.15) is 4.32 Å². The number of hydrogen-bond donors (Lipinski definition) is 0. The number of rotatable bonds is 5. The Hall–Kier alpha value is -0.0200. The summed E-state index contributed by atoms with van der Waals surface area (Å²) in [4.78, 5) is 2.24. The predicted octanol–water partition coefficient (Wildman–Crippen LogP) is 3.27. The van der Waals surface area contributed by atoms with Crippen molar-refractivity contribution in [2.24, 2.45) is 0 Å². The van der Waals surface area contributed by atoms with Crippen LogP contribution in [0.5, 0.6) is 0 Å². The Morgan fingerprint density at radius 2 is 1.92 bits per heavy atom. The molecule has 0 aromatic rings. The number of nitrogens with zero attached hydrogens (tertiary/aromatic N) is 1. The molecule has 0 unspecified atom stereocenters. The van der Waals surface area contributed by atoms with Gasteiger partial charge in [-0.05, 0) is 18.2 Å². The van der Waals surface area contributed by atoms with Crippen molar-refractivity contribution in [1.29, 1.82) is 0 Å². The third kappa shape index (κ3) is 4.78. The molecule has 0 heterocycles. The van der Waals surface area contributed by atoms with Gasteiger partial charge in [0.05, 0.1) is 0 Å². The van der Waals surface area contributed by atoms with Crippen LogP contribution in [0.4, 0.5) is 0 Å². The maximum absolute atomic E-state index is 5.22. The highest BCUT2D eigenvalue weighted by molar-refractivity contribution is 8.24. The van der Waals surface area contributed by atoms with Crippen molar-refractivity contribution in [3.05, 3.63) is 12.0 Å². The molecular formula is C9H17NS2. The Bertz CT molecular complexity index is 139. The fraction of sp³-hybridized carbons (Fsp3) is 0.667. The first-order chi connectivity index (χ1) is 5.76. The molecule has 0 aliphatic heterocycles. The lowest BCUT2D eigenvalue weighted by Gasteiger charge is -2.22. The minimum absolute atomic E-state index is 0.953. The van der Waals surface area contributed by atoms with E-state index in [1.807, 2.05) is 0 Å². The second-order valence-electron chi connectivity index (χ2n) is 2.54. The fourth-order valence-electron chi connectivity index (χ4n) is 0.980. The first-order valence-electron chi connectivity index (χ1n) is 4.32. The second kappa shape index (κ2) is 7.62. The quantitative estimate of drug-likeness (QED) is 0.631. The smallest absolute Gasteiger partial charge is 0.140 e. The summed E-state index contributed by atoms with van der Waals surface area (Å²) in [7, 11) is 0. The summed E-state index contributed by atoms with van der Waals surface area (Å²) in [5.41, 5.74) is 0. The van der Waals surface area contributed by atoms with Crippen LogP contribution in [0.2, 0.25) is 0 Å². The summed E-state index contributed by atoms with van der Waals surface area (Å²) in [6, 6.07) is 0. The van der Waals surface area contributed by atoms with Crippen molar-refractivity contribution >= 4 is 28.3 Å². The molecule has 0 amide bonds. The molecule has 3 heteroatoms. The molecule has 0 bridgehead atoms. The zero-order valence-corrected chi connectivity index (χ0v) is 9.51. The van der Waals surface area contributed by atoms with Gasteiger partial charge in [-0.1, -0.05) is 44.4 Å². The van der Waals surface area contributed by atoms with Crippen LogP contribution in [-0.2, 0) is 0 Å². The normalized spacial score (nSPS) is 9.50. The van der Waals surface area contributed by atoms with Gasteiger partial charge in [-0.2, -0.15) is 0 Å². The minimum Gasteiger partial charge on any atom is -0.357 e. The fourth-order valence-corrected chi connectivity index (χ4v) is 1.84. The molecule has 0 fully saturated rings. The number of hydrogen-bond acceptors (Lipinski definition) is 2. The van der Waals surface area contributed by atoms with Crippen LogP contribution in [0.25, 0.3) is 0 Å². The molecule has 70 valence electrons. The van der Waals surface area contributed by atoms with Crippen LogP contribution in [-0.4, -0.2) is 22.3 Å². The lowest BCUT2D eigenvalue weighted by Crippen LogP contribution is -2.28. The molecule has 0 aliphatic rings. The van der Waals surface area contributed by atoms with Crippen LogP contribution in [0.1, 0.15) is 26.7 Å². The Morgan fingerprint density at radius 1 is 1.42 bits per heavy atom. The molecule has 0 saturated heterocycles. The molecule has 0 aromatic carbocycles. The number of thiocarbonyl (C=S) groups is 1. The van der Waals surface area contributed by atoms with Crippen molar-refractivity contribution in [2.45, 2.75) is 26.7 Å². The lowest BCUT2D eigenvalue weighted by molar-refractivity contribution is 0.431. The van der Waals surface area contributed by atoms with Crippen molar-refractivity contribution < 1.29 is 0 Å². The van der Waals surface area contributed by atoms with E-state index in [2.05, 4.69) is 25.3 Å². The van der Waals surface area contributed by atoms with E-state index in [9.17, 15) is 0 Å². The minimum atomic E-state index is 0.953. The summed E-state index contributed by atoms with van der Waals surface area (Å²) in [5.74, 6) is 0. The predicted molar refractivity (Wildman–Crippen MR) is 62.5 cm³/mol. The highest BCUT2D eigenvalue weighted by Crippen LogP contribution is 2.10. The van der Waals surface area contributed by atoms with Gasteiger partial charge in [0.2, 0.25) is 0 Å². The van der Waals surface area contributed by atoms with Crippen LogP contribution < -0.4 is 0 Å². The lowest BCUT2D eigenvalue weighted by atomic mass is 10.4. The van der Waals surface area contributed by atoms with Gasteiger partial charge < -0.3 is 4.90 Å². The van der Waals surface area contributed by atoms with E-state index in [-0.39, 0.29) is 0 Å². The summed E-state index contributed by atoms with van der Waals surface area (Å²) in [6.45, 7) is 10.1. The Balaban J connectivity index is 3.89. The number of thioether (sulfide) groups is 1. The van der Waals surface area contributed by atoms with Crippen molar-refractivity contribution in [3.8, 4) is 0 Å². The Morgan fingerprint density at radius 3 is 2.25 bits per heavy atom. The monoisotopic (exact) mass is 203 g/mol. The molecule has 0 rings (SSSR count). The van der Waals surface area contributed by atoms with E-state index >= 15 is 0 Å².